The van der Waals surface area contributed by atoms with Gasteiger partial charge in [0.2, 0.25) is 0 Å². The third kappa shape index (κ3) is 2.48. The predicted molar refractivity (Wildman–Crippen MR) is 77.1 cm³/mol. The number of pyridine rings is 1. The van der Waals surface area contributed by atoms with Crippen LogP contribution in [0.4, 0.5) is 0 Å². The average molecular weight is 256 g/mol. The first-order chi connectivity index (χ1) is 9.40. The number of aromatic nitrogens is 1. The van der Waals surface area contributed by atoms with Crippen LogP contribution >= 0.6 is 0 Å². The summed E-state index contributed by atoms with van der Waals surface area (Å²) in [6.07, 6.45) is 5.07. The van der Waals surface area contributed by atoms with E-state index in [1.807, 2.05) is 12.4 Å². The maximum absolute atomic E-state index is 5.56. The van der Waals surface area contributed by atoms with Crippen molar-refractivity contribution in [2.75, 3.05) is 19.8 Å². The van der Waals surface area contributed by atoms with Gasteiger partial charge in [0, 0.05) is 36.3 Å². The Labute approximate surface area is 114 Å². The number of benzene rings is 1. The van der Waals surface area contributed by atoms with Crippen LogP contribution in [0.2, 0.25) is 0 Å². The number of nitrogens with one attached hydrogen (secondary N) is 1. The van der Waals surface area contributed by atoms with Gasteiger partial charge in [-0.15, -0.1) is 0 Å². The normalized spacial score (nSPS) is 20.8. The molecule has 1 aliphatic rings. The number of hydrogen-bond acceptors (Lipinski definition) is 3. The number of fused-ring (bicyclic) bond motifs is 1. The number of hydrogen-bond donors (Lipinski definition) is 1. The van der Waals surface area contributed by atoms with Gasteiger partial charge in [0.1, 0.15) is 0 Å². The fourth-order valence-corrected chi connectivity index (χ4v) is 2.95. The fraction of sp³-hybridized carbons (Fsp3) is 0.438. The molecule has 19 heavy (non-hydrogen) atoms. The van der Waals surface area contributed by atoms with Gasteiger partial charge in [0.05, 0.1) is 6.61 Å². The van der Waals surface area contributed by atoms with Crippen LogP contribution in [0.3, 0.4) is 0 Å². The average Bonchev–Trinajstić information content (AvgIpc) is 2.98. The van der Waals surface area contributed by atoms with E-state index in [9.17, 15) is 0 Å². The Morgan fingerprint density at radius 2 is 2.26 bits per heavy atom. The zero-order valence-electron chi connectivity index (χ0n) is 11.3. The zero-order valence-corrected chi connectivity index (χ0v) is 11.3. The Bertz CT molecular complexity index is 544. The molecule has 0 amide bonds. The van der Waals surface area contributed by atoms with Crippen molar-refractivity contribution in [3.8, 4) is 0 Å². The molecule has 0 aliphatic carbocycles. The van der Waals surface area contributed by atoms with E-state index in [-0.39, 0.29) is 0 Å². The van der Waals surface area contributed by atoms with Crippen LogP contribution in [0, 0.1) is 5.92 Å². The van der Waals surface area contributed by atoms with Crippen LogP contribution in [-0.4, -0.2) is 24.7 Å². The number of ether oxygens (including phenoxy) is 1. The molecule has 0 radical (unpaired) electrons. The van der Waals surface area contributed by atoms with E-state index in [0.29, 0.717) is 12.0 Å². The van der Waals surface area contributed by atoms with Crippen molar-refractivity contribution < 1.29 is 4.74 Å². The molecule has 1 saturated heterocycles. The van der Waals surface area contributed by atoms with E-state index >= 15 is 0 Å². The molecule has 3 heteroatoms. The molecule has 1 N–H and O–H groups in total. The highest BCUT2D eigenvalue weighted by Gasteiger charge is 2.27. The van der Waals surface area contributed by atoms with Gasteiger partial charge in [-0.1, -0.05) is 31.2 Å². The third-order valence-electron chi connectivity index (χ3n) is 3.89. The van der Waals surface area contributed by atoms with Crippen molar-refractivity contribution in [2.24, 2.45) is 5.92 Å². The maximum atomic E-state index is 5.56. The van der Waals surface area contributed by atoms with Gasteiger partial charge >= 0.3 is 0 Å². The van der Waals surface area contributed by atoms with Crippen LogP contribution < -0.4 is 5.32 Å². The minimum absolute atomic E-state index is 0.339. The summed E-state index contributed by atoms with van der Waals surface area (Å²) in [7, 11) is 0. The minimum atomic E-state index is 0.339. The molecule has 1 fully saturated rings. The highest BCUT2D eigenvalue weighted by molar-refractivity contribution is 5.85. The summed E-state index contributed by atoms with van der Waals surface area (Å²) in [6.45, 7) is 4.84. The third-order valence-corrected chi connectivity index (χ3v) is 3.89. The van der Waals surface area contributed by atoms with Crippen molar-refractivity contribution in [1.29, 1.82) is 0 Å². The minimum Gasteiger partial charge on any atom is -0.381 e. The Morgan fingerprint density at radius 3 is 3.05 bits per heavy atom. The predicted octanol–water partition coefficient (Wildman–Crippen LogP) is 2.92. The molecule has 0 spiro atoms. The lowest BCUT2D eigenvalue weighted by molar-refractivity contribution is 0.177. The van der Waals surface area contributed by atoms with E-state index < -0.39 is 0 Å². The molecule has 1 aliphatic heterocycles. The standard InChI is InChI=1S/C16H20N2O/c1-2-18-16(13-7-8-19-11-13)15-10-17-9-12-5-3-4-6-14(12)15/h3-6,9-10,13,16,18H,2,7-8,11H2,1H3. The van der Waals surface area contributed by atoms with Crippen LogP contribution in [0.25, 0.3) is 10.8 Å². The summed E-state index contributed by atoms with van der Waals surface area (Å²) < 4.78 is 5.56. The molecule has 0 saturated carbocycles. The van der Waals surface area contributed by atoms with Gasteiger partial charge < -0.3 is 10.1 Å². The first-order valence-corrected chi connectivity index (χ1v) is 7.04. The molecule has 2 atom stereocenters. The molecule has 1 aromatic carbocycles. The molecule has 3 nitrogen and oxygen atoms in total. The van der Waals surface area contributed by atoms with Crippen LogP contribution in [0.15, 0.2) is 36.7 Å². The maximum Gasteiger partial charge on any atom is 0.0513 e. The Kier molecular flexibility index (Phi) is 3.76. The molecule has 2 aromatic rings. The number of nitrogens with zero attached hydrogens (tertiary/aromatic N) is 1. The van der Waals surface area contributed by atoms with Crippen LogP contribution in [0.5, 0.6) is 0 Å². The molecule has 3 rings (SSSR count). The van der Waals surface area contributed by atoms with Crippen molar-refractivity contribution in [2.45, 2.75) is 19.4 Å². The van der Waals surface area contributed by atoms with Crippen LogP contribution in [-0.2, 0) is 4.74 Å². The molecule has 2 heterocycles. The highest BCUT2D eigenvalue weighted by Crippen LogP contribution is 2.32. The van der Waals surface area contributed by atoms with Crippen molar-refractivity contribution in [3.05, 3.63) is 42.2 Å². The van der Waals surface area contributed by atoms with E-state index in [2.05, 4.69) is 41.5 Å². The van der Waals surface area contributed by atoms with Gasteiger partial charge in [-0.25, -0.2) is 0 Å². The summed E-state index contributed by atoms with van der Waals surface area (Å²) >= 11 is 0. The molecular formula is C16H20N2O. The number of rotatable bonds is 4. The summed E-state index contributed by atoms with van der Waals surface area (Å²) in [4.78, 5) is 4.41. The van der Waals surface area contributed by atoms with Gasteiger partial charge in [-0.05, 0) is 23.9 Å². The second-order valence-corrected chi connectivity index (χ2v) is 5.11. The van der Waals surface area contributed by atoms with E-state index in [1.165, 1.54) is 16.3 Å². The molecule has 100 valence electrons. The molecular weight excluding hydrogens is 236 g/mol. The van der Waals surface area contributed by atoms with Crippen molar-refractivity contribution in [1.82, 2.24) is 10.3 Å². The first-order valence-electron chi connectivity index (χ1n) is 7.04. The highest BCUT2D eigenvalue weighted by atomic mass is 16.5. The Balaban J connectivity index is 2.03. The SMILES string of the molecule is CCNC(c1cncc2ccccc12)C1CCOC1. The lowest BCUT2D eigenvalue weighted by atomic mass is 9.90. The quantitative estimate of drug-likeness (QED) is 0.913. The Morgan fingerprint density at radius 1 is 1.37 bits per heavy atom. The van der Waals surface area contributed by atoms with Gasteiger partial charge in [0.25, 0.3) is 0 Å². The van der Waals surface area contributed by atoms with Crippen LogP contribution in [0.1, 0.15) is 24.9 Å². The van der Waals surface area contributed by atoms with Crippen molar-refractivity contribution >= 4 is 10.8 Å². The summed E-state index contributed by atoms with van der Waals surface area (Å²) in [5.41, 5.74) is 1.30. The molecule has 2 unspecified atom stereocenters. The second-order valence-electron chi connectivity index (χ2n) is 5.11. The summed E-state index contributed by atoms with van der Waals surface area (Å²) in [6, 6.07) is 8.81. The topological polar surface area (TPSA) is 34.2 Å². The van der Waals surface area contributed by atoms with Gasteiger partial charge in [-0.3, -0.25) is 4.98 Å². The monoisotopic (exact) mass is 256 g/mol. The fourth-order valence-electron chi connectivity index (χ4n) is 2.95. The smallest absolute Gasteiger partial charge is 0.0513 e. The summed E-state index contributed by atoms with van der Waals surface area (Å²) in [5.74, 6) is 0.549. The van der Waals surface area contributed by atoms with E-state index in [4.69, 9.17) is 4.74 Å². The summed E-state index contributed by atoms with van der Waals surface area (Å²) in [5, 5.41) is 6.12. The van der Waals surface area contributed by atoms with E-state index in [0.717, 1.165) is 26.2 Å². The molecule has 1 aromatic heterocycles. The lowest BCUT2D eigenvalue weighted by Crippen LogP contribution is -2.28. The van der Waals surface area contributed by atoms with Gasteiger partial charge in [-0.2, -0.15) is 0 Å². The Hall–Kier alpha value is -1.45. The largest absolute Gasteiger partial charge is 0.381 e. The van der Waals surface area contributed by atoms with Gasteiger partial charge in [0.15, 0.2) is 0 Å². The molecule has 0 bridgehead atoms. The first kappa shape index (κ1) is 12.6. The second kappa shape index (κ2) is 5.68. The zero-order chi connectivity index (χ0) is 13.1. The van der Waals surface area contributed by atoms with Crippen molar-refractivity contribution in [3.63, 3.8) is 0 Å². The van der Waals surface area contributed by atoms with E-state index in [1.54, 1.807) is 0 Å². The lowest BCUT2D eigenvalue weighted by Gasteiger charge is -2.24.